The van der Waals surface area contributed by atoms with E-state index in [1.165, 1.54) is 0 Å². The molecule has 1 aliphatic heterocycles. The van der Waals surface area contributed by atoms with E-state index in [4.69, 9.17) is 4.52 Å². The number of hydrogen-bond donors (Lipinski definition) is 1. The Bertz CT molecular complexity index is 579. The monoisotopic (exact) mass is 302 g/mol. The Balaban J connectivity index is 1.45. The maximum atomic E-state index is 10.3. The number of aliphatic hydroxyl groups excluding tert-OH is 1. The van der Waals surface area contributed by atoms with Gasteiger partial charge in [0.2, 0.25) is 5.89 Å². The second kappa shape index (κ2) is 7.00. The Morgan fingerprint density at radius 2 is 1.82 bits per heavy atom. The fourth-order valence-electron chi connectivity index (χ4n) is 2.76. The van der Waals surface area contributed by atoms with Crippen LogP contribution in [-0.2, 0) is 6.54 Å². The van der Waals surface area contributed by atoms with Crippen LogP contribution < -0.4 is 0 Å². The molecule has 6 nitrogen and oxygen atoms in total. The zero-order chi connectivity index (χ0) is 15.4. The van der Waals surface area contributed by atoms with Crippen molar-refractivity contribution in [2.24, 2.45) is 0 Å². The highest BCUT2D eigenvalue weighted by Crippen LogP contribution is 2.15. The van der Waals surface area contributed by atoms with Gasteiger partial charge in [0.15, 0.2) is 5.82 Å². The number of β-amino-alcohol motifs (C(OH)–C–C–N with tert-alkyl or cyclic N) is 1. The molecule has 2 aromatic rings. The van der Waals surface area contributed by atoms with Crippen LogP contribution in [0.25, 0.3) is 0 Å². The van der Waals surface area contributed by atoms with Crippen LogP contribution in [0, 0.1) is 6.92 Å². The number of aryl methyl sites for hydroxylation is 1. The van der Waals surface area contributed by atoms with Crippen molar-refractivity contribution in [1.82, 2.24) is 19.9 Å². The Kier molecular flexibility index (Phi) is 4.82. The number of aromatic nitrogens is 2. The molecule has 1 saturated heterocycles. The van der Waals surface area contributed by atoms with Crippen molar-refractivity contribution in [3.63, 3.8) is 0 Å². The van der Waals surface area contributed by atoms with Crippen LogP contribution in [0.2, 0.25) is 0 Å². The average Bonchev–Trinajstić information content (AvgIpc) is 2.95. The maximum absolute atomic E-state index is 10.3. The van der Waals surface area contributed by atoms with Crippen LogP contribution in [0.5, 0.6) is 0 Å². The third-order valence-corrected chi connectivity index (χ3v) is 4.02. The molecule has 0 aliphatic carbocycles. The minimum Gasteiger partial charge on any atom is -0.387 e. The molecule has 1 atom stereocenters. The van der Waals surface area contributed by atoms with Gasteiger partial charge in [0.25, 0.3) is 0 Å². The van der Waals surface area contributed by atoms with Gasteiger partial charge in [0.05, 0.1) is 12.6 Å². The van der Waals surface area contributed by atoms with Gasteiger partial charge in [-0.2, -0.15) is 4.98 Å². The highest BCUT2D eigenvalue weighted by Gasteiger charge is 2.21. The van der Waals surface area contributed by atoms with Crippen molar-refractivity contribution in [2.45, 2.75) is 19.6 Å². The molecule has 1 N–H and O–H groups in total. The van der Waals surface area contributed by atoms with Crippen LogP contribution >= 0.6 is 0 Å². The van der Waals surface area contributed by atoms with Gasteiger partial charge in [-0.05, 0) is 5.56 Å². The lowest BCUT2D eigenvalue weighted by atomic mass is 10.1. The lowest BCUT2D eigenvalue weighted by Crippen LogP contribution is -2.47. The third kappa shape index (κ3) is 3.91. The van der Waals surface area contributed by atoms with E-state index >= 15 is 0 Å². The fourth-order valence-corrected chi connectivity index (χ4v) is 2.76. The molecule has 1 aromatic carbocycles. The average molecular weight is 302 g/mol. The van der Waals surface area contributed by atoms with Gasteiger partial charge < -0.3 is 9.63 Å². The molecule has 1 aromatic heterocycles. The first-order valence-electron chi connectivity index (χ1n) is 7.67. The molecule has 22 heavy (non-hydrogen) atoms. The standard InChI is InChI=1S/C16H22N4O2/c1-13-17-16(18-22-13)12-20-9-7-19(8-10-20)11-15(21)14-5-3-2-4-6-14/h2-6,15,21H,7-12H2,1H3. The predicted molar refractivity (Wildman–Crippen MR) is 82.2 cm³/mol. The number of nitrogens with zero attached hydrogens (tertiary/aromatic N) is 4. The van der Waals surface area contributed by atoms with E-state index in [1.54, 1.807) is 6.92 Å². The lowest BCUT2D eigenvalue weighted by molar-refractivity contribution is 0.0690. The molecule has 3 rings (SSSR count). The first kappa shape index (κ1) is 15.1. The van der Waals surface area contributed by atoms with E-state index in [9.17, 15) is 5.11 Å². The first-order valence-corrected chi connectivity index (χ1v) is 7.67. The summed E-state index contributed by atoms with van der Waals surface area (Å²) in [5.41, 5.74) is 0.979. The van der Waals surface area contributed by atoms with Crippen LogP contribution in [0.1, 0.15) is 23.4 Å². The summed E-state index contributed by atoms with van der Waals surface area (Å²) >= 11 is 0. The SMILES string of the molecule is Cc1nc(CN2CCN(CC(O)c3ccccc3)CC2)no1. The summed E-state index contributed by atoms with van der Waals surface area (Å²) in [4.78, 5) is 8.86. The largest absolute Gasteiger partial charge is 0.387 e. The summed E-state index contributed by atoms with van der Waals surface area (Å²) in [7, 11) is 0. The first-order chi connectivity index (χ1) is 10.7. The molecule has 1 unspecified atom stereocenters. The number of aliphatic hydroxyl groups is 1. The summed E-state index contributed by atoms with van der Waals surface area (Å²) in [6, 6.07) is 9.83. The molecule has 1 fully saturated rings. The van der Waals surface area contributed by atoms with Gasteiger partial charge in [-0.25, -0.2) is 0 Å². The minimum absolute atomic E-state index is 0.424. The Hall–Kier alpha value is -1.76. The topological polar surface area (TPSA) is 65.6 Å². The maximum Gasteiger partial charge on any atom is 0.223 e. The van der Waals surface area contributed by atoms with Gasteiger partial charge in [-0.15, -0.1) is 0 Å². The summed E-state index contributed by atoms with van der Waals surface area (Å²) < 4.78 is 5.00. The molecule has 2 heterocycles. The third-order valence-electron chi connectivity index (χ3n) is 4.02. The Morgan fingerprint density at radius 1 is 1.14 bits per heavy atom. The summed E-state index contributed by atoms with van der Waals surface area (Å²) in [5.74, 6) is 1.36. The van der Waals surface area contributed by atoms with Crippen LogP contribution in [0.3, 0.4) is 0 Å². The highest BCUT2D eigenvalue weighted by atomic mass is 16.5. The van der Waals surface area contributed by atoms with E-state index in [0.29, 0.717) is 12.4 Å². The van der Waals surface area contributed by atoms with Gasteiger partial charge in [0.1, 0.15) is 0 Å². The van der Waals surface area contributed by atoms with Crippen LogP contribution in [0.15, 0.2) is 34.9 Å². The molecule has 0 radical (unpaired) electrons. The molecule has 6 heteroatoms. The summed E-state index contributed by atoms with van der Waals surface area (Å²) in [6.45, 7) is 7.01. The second-order valence-electron chi connectivity index (χ2n) is 5.73. The second-order valence-corrected chi connectivity index (χ2v) is 5.73. The zero-order valence-corrected chi connectivity index (χ0v) is 12.9. The summed E-state index contributed by atoms with van der Waals surface area (Å²) in [6.07, 6.45) is -0.424. The van der Waals surface area contributed by atoms with Gasteiger partial charge in [0, 0.05) is 39.6 Å². The molecule has 0 spiro atoms. The molecule has 0 saturated carbocycles. The van der Waals surface area contributed by atoms with Crippen molar-refractivity contribution in [2.75, 3.05) is 32.7 Å². The van der Waals surface area contributed by atoms with Crippen molar-refractivity contribution in [3.8, 4) is 0 Å². The fraction of sp³-hybridized carbons (Fsp3) is 0.500. The zero-order valence-electron chi connectivity index (χ0n) is 12.9. The Labute approximate surface area is 130 Å². The highest BCUT2D eigenvalue weighted by molar-refractivity contribution is 5.17. The van der Waals surface area contributed by atoms with E-state index in [0.717, 1.165) is 44.1 Å². The molecule has 1 aliphatic rings. The molecule has 0 bridgehead atoms. The minimum atomic E-state index is -0.424. The molecular formula is C16H22N4O2. The van der Waals surface area contributed by atoms with Gasteiger partial charge in [-0.1, -0.05) is 35.5 Å². The Morgan fingerprint density at radius 3 is 2.45 bits per heavy atom. The van der Waals surface area contributed by atoms with Crippen molar-refractivity contribution < 1.29 is 9.63 Å². The van der Waals surface area contributed by atoms with Crippen molar-refractivity contribution in [3.05, 3.63) is 47.6 Å². The van der Waals surface area contributed by atoms with Crippen molar-refractivity contribution >= 4 is 0 Å². The van der Waals surface area contributed by atoms with Crippen molar-refractivity contribution in [1.29, 1.82) is 0 Å². The van der Waals surface area contributed by atoms with E-state index in [2.05, 4.69) is 19.9 Å². The number of rotatable bonds is 5. The van der Waals surface area contributed by atoms with Gasteiger partial charge >= 0.3 is 0 Å². The normalized spacial score (nSPS) is 18.5. The van der Waals surface area contributed by atoms with E-state index in [-0.39, 0.29) is 0 Å². The summed E-state index contributed by atoms with van der Waals surface area (Å²) in [5, 5.41) is 14.2. The van der Waals surface area contributed by atoms with Gasteiger partial charge in [-0.3, -0.25) is 9.80 Å². The number of piperazine rings is 1. The van der Waals surface area contributed by atoms with E-state index < -0.39 is 6.10 Å². The smallest absolute Gasteiger partial charge is 0.223 e. The van der Waals surface area contributed by atoms with Crippen LogP contribution in [-0.4, -0.2) is 57.8 Å². The molecule has 118 valence electrons. The van der Waals surface area contributed by atoms with Crippen LogP contribution in [0.4, 0.5) is 0 Å². The quantitative estimate of drug-likeness (QED) is 0.896. The lowest BCUT2D eigenvalue weighted by Gasteiger charge is -2.35. The number of hydrogen-bond acceptors (Lipinski definition) is 6. The molecule has 0 amide bonds. The molecular weight excluding hydrogens is 280 g/mol. The number of benzene rings is 1. The predicted octanol–water partition coefficient (Wildman–Crippen LogP) is 1.23. The van der Waals surface area contributed by atoms with E-state index in [1.807, 2.05) is 30.3 Å².